The number of imide groups is 1. The lowest BCUT2D eigenvalue weighted by atomic mass is 9.88. The number of fused-ring (bicyclic) bond motifs is 2. The third-order valence-corrected chi connectivity index (χ3v) is 14.5. The summed E-state index contributed by atoms with van der Waals surface area (Å²) in [6.07, 6.45) is 4.91. The highest BCUT2D eigenvalue weighted by Gasteiger charge is 2.32. The molecule has 2 saturated heterocycles. The minimum Gasteiger partial charge on any atom is -0.493 e. The van der Waals surface area contributed by atoms with Gasteiger partial charge in [0.2, 0.25) is 17.7 Å². The number of aromatic carboxylic acids is 1. The van der Waals surface area contributed by atoms with Crippen LogP contribution in [0, 0.1) is 24.2 Å². The van der Waals surface area contributed by atoms with Crippen LogP contribution < -0.4 is 30.9 Å². The molecule has 0 aliphatic carbocycles. The van der Waals surface area contributed by atoms with Gasteiger partial charge in [0.05, 0.1) is 35.0 Å². The molecule has 70 heavy (non-hydrogen) atoms. The summed E-state index contributed by atoms with van der Waals surface area (Å²) in [5.41, 5.74) is 7.18. The highest BCUT2D eigenvalue weighted by Crippen LogP contribution is 2.35. The minimum atomic E-state index is -1.14. The van der Waals surface area contributed by atoms with Crippen LogP contribution in [0.5, 0.6) is 5.75 Å². The Balaban J connectivity index is 0.756. The number of anilines is 4. The lowest BCUT2D eigenvalue weighted by molar-refractivity contribution is -0.134. The molecule has 3 aliphatic rings. The smallest absolute Gasteiger partial charge is 0.355 e. The van der Waals surface area contributed by atoms with Crippen molar-refractivity contribution in [3.05, 3.63) is 125 Å². The summed E-state index contributed by atoms with van der Waals surface area (Å²) in [6.45, 7) is 5.31. The lowest BCUT2D eigenvalue weighted by Gasteiger charge is -2.31. The fraction of sp³-hybridized carbons (Fsp3) is 0.321. The lowest BCUT2D eigenvalue weighted by Crippen LogP contribution is -2.44. The molecule has 2 fully saturated rings. The Morgan fingerprint density at radius 3 is 2.49 bits per heavy atom. The van der Waals surface area contributed by atoms with E-state index in [0.29, 0.717) is 76.8 Å². The number of carboxylic acids is 1. The van der Waals surface area contributed by atoms with Gasteiger partial charge in [-0.2, -0.15) is 0 Å². The normalized spacial score (nSPS) is 16.3. The highest BCUT2D eigenvalue weighted by molar-refractivity contribution is 7.22. The van der Waals surface area contributed by atoms with Crippen molar-refractivity contribution >= 4 is 79.2 Å². The van der Waals surface area contributed by atoms with E-state index in [0.717, 1.165) is 71.2 Å². The van der Waals surface area contributed by atoms with Gasteiger partial charge in [0.1, 0.15) is 11.6 Å². The maximum absolute atomic E-state index is 13.6. The van der Waals surface area contributed by atoms with Crippen LogP contribution >= 0.6 is 11.3 Å². The van der Waals surface area contributed by atoms with Crippen molar-refractivity contribution in [1.29, 1.82) is 5.41 Å². The maximum Gasteiger partial charge on any atom is 0.355 e. The Morgan fingerprint density at radius 2 is 1.70 bits per heavy atom. The number of carbonyl (C=O) groups is 5. The summed E-state index contributed by atoms with van der Waals surface area (Å²) < 4.78 is 7.30. The summed E-state index contributed by atoms with van der Waals surface area (Å²) in [5.74, 6) is -1.30. The molecule has 16 nitrogen and oxygen atoms in total. The van der Waals surface area contributed by atoms with E-state index in [1.807, 2.05) is 84.6 Å². The Bertz CT molecular complexity index is 2990. The standard InChI is InChI=1S/C53H55N9O7S/c1-31-35(36-17-19-45(58-49(36)52(67)68)62-26-23-33-9-5-11-37(40(33)29-62)50(65)60-53-57-41-12-3-4-14-44(41)70-53)10-6-13-43(31)69-27-7-8-32-21-24-61(25-22-32)30-47(64)56-34-15-16-38(42(28-34)55-2)48(54)39-18-20-46(63)59-51(39)66/h3-6,9-17,19,28,32,39,54-55H,7-8,18,20-27,29-30H2,1-2H3,(H,56,64)(H,67,68)(H,57,60,65)(H,59,63,66). The van der Waals surface area contributed by atoms with Crippen molar-refractivity contribution in [2.45, 2.75) is 58.4 Å². The number of para-hydroxylation sites is 1. The number of hydrogen-bond donors (Lipinski definition) is 6. The van der Waals surface area contributed by atoms with Gasteiger partial charge < -0.3 is 30.8 Å². The largest absolute Gasteiger partial charge is 0.493 e. The van der Waals surface area contributed by atoms with Gasteiger partial charge in [-0.05, 0) is 141 Å². The van der Waals surface area contributed by atoms with Gasteiger partial charge in [0.15, 0.2) is 10.8 Å². The van der Waals surface area contributed by atoms with Crippen LogP contribution in [0.3, 0.4) is 0 Å². The number of piperidine rings is 2. The van der Waals surface area contributed by atoms with E-state index in [-0.39, 0.29) is 48.5 Å². The van der Waals surface area contributed by atoms with Gasteiger partial charge in [-0.1, -0.05) is 47.7 Å². The van der Waals surface area contributed by atoms with Gasteiger partial charge in [-0.25, -0.2) is 14.8 Å². The second-order valence-corrected chi connectivity index (χ2v) is 19.1. The van der Waals surface area contributed by atoms with Crippen LogP contribution in [-0.2, 0) is 27.3 Å². The van der Waals surface area contributed by atoms with Crippen LogP contribution in [-0.4, -0.2) is 95.1 Å². The fourth-order valence-corrected chi connectivity index (χ4v) is 10.6. The predicted molar refractivity (Wildman–Crippen MR) is 271 cm³/mol. The average Bonchev–Trinajstić information content (AvgIpc) is 3.78. The van der Waals surface area contributed by atoms with E-state index in [1.165, 1.54) is 11.3 Å². The SMILES string of the molecule is CNc1cc(NC(=O)CN2CCC(CCCOc3cccc(-c4ccc(N5CCc6cccc(C(=O)Nc7nc8ccccc8s7)c6C5)nc4C(=O)O)c3C)CC2)ccc1C(=N)C1CCC(=O)NC1=O. The number of carbonyl (C=O) groups excluding carboxylic acids is 4. The molecule has 6 aromatic rings. The molecular formula is C53H55N9O7S. The number of nitrogens with zero attached hydrogens (tertiary/aromatic N) is 4. The molecule has 0 radical (unpaired) electrons. The number of nitrogens with one attached hydrogen (secondary N) is 5. The molecular weight excluding hydrogens is 907 g/mol. The summed E-state index contributed by atoms with van der Waals surface area (Å²) >= 11 is 1.42. The second kappa shape index (κ2) is 21.0. The number of amides is 4. The molecule has 3 aliphatic heterocycles. The van der Waals surface area contributed by atoms with Crippen molar-refractivity contribution in [2.24, 2.45) is 11.8 Å². The van der Waals surface area contributed by atoms with E-state index in [9.17, 15) is 29.1 Å². The van der Waals surface area contributed by atoms with Crippen LogP contribution in [0.2, 0.25) is 0 Å². The number of rotatable bonds is 16. The van der Waals surface area contributed by atoms with E-state index >= 15 is 0 Å². The minimum absolute atomic E-state index is 0.0583. The molecule has 1 atom stereocenters. The quantitative estimate of drug-likeness (QED) is 0.0308. The fourth-order valence-electron chi connectivity index (χ4n) is 9.76. The third kappa shape index (κ3) is 10.5. The zero-order valence-electron chi connectivity index (χ0n) is 39.1. The third-order valence-electron chi connectivity index (χ3n) is 13.6. The van der Waals surface area contributed by atoms with Gasteiger partial charge in [0, 0.05) is 54.6 Å². The first-order valence-electron chi connectivity index (χ1n) is 23.7. The van der Waals surface area contributed by atoms with Crippen molar-refractivity contribution in [2.75, 3.05) is 60.7 Å². The number of hydrogen-bond acceptors (Lipinski definition) is 13. The molecule has 360 valence electrons. The zero-order chi connectivity index (χ0) is 48.9. The summed E-state index contributed by atoms with van der Waals surface area (Å²) in [7, 11) is 1.72. The molecule has 0 bridgehead atoms. The van der Waals surface area contributed by atoms with Crippen molar-refractivity contribution in [3.8, 4) is 16.9 Å². The van der Waals surface area contributed by atoms with Crippen LogP contribution in [0.15, 0.2) is 91.0 Å². The maximum atomic E-state index is 13.6. The molecule has 4 amide bonds. The highest BCUT2D eigenvalue weighted by atomic mass is 32.1. The number of thiazole rings is 1. The van der Waals surface area contributed by atoms with E-state index < -0.39 is 17.8 Å². The number of pyridine rings is 1. The molecule has 0 spiro atoms. The number of ether oxygens (including phenoxy) is 1. The van der Waals surface area contributed by atoms with E-state index in [2.05, 4.69) is 31.2 Å². The van der Waals surface area contributed by atoms with Crippen LogP contribution in [0.1, 0.15) is 81.6 Å². The number of aromatic nitrogens is 2. The van der Waals surface area contributed by atoms with Crippen molar-refractivity contribution < 1.29 is 33.8 Å². The first kappa shape index (κ1) is 47.6. The summed E-state index contributed by atoms with van der Waals surface area (Å²) in [5, 5.41) is 31.0. The molecule has 17 heteroatoms. The first-order valence-corrected chi connectivity index (χ1v) is 24.5. The summed E-state index contributed by atoms with van der Waals surface area (Å²) in [6, 6.07) is 28.0. The average molecular weight is 962 g/mol. The van der Waals surface area contributed by atoms with Gasteiger partial charge in [-0.3, -0.25) is 34.7 Å². The van der Waals surface area contributed by atoms with Crippen molar-refractivity contribution in [1.82, 2.24) is 20.2 Å². The topological polar surface area (TPSA) is 219 Å². The van der Waals surface area contributed by atoms with Gasteiger partial charge in [0.25, 0.3) is 5.91 Å². The van der Waals surface area contributed by atoms with E-state index in [1.54, 1.807) is 25.2 Å². The summed E-state index contributed by atoms with van der Waals surface area (Å²) in [4.78, 5) is 76.9. The molecule has 5 heterocycles. The predicted octanol–water partition coefficient (Wildman–Crippen LogP) is 8.15. The number of benzene rings is 4. The Morgan fingerprint density at radius 1 is 0.886 bits per heavy atom. The first-order chi connectivity index (χ1) is 33.9. The molecule has 9 rings (SSSR count). The molecule has 2 aromatic heterocycles. The molecule has 0 saturated carbocycles. The molecule has 1 unspecified atom stereocenters. The van der Waals surface area contributed by atoms with Crippen molar-refractivity contribution in [3.63, 3.8) is 0 Å². The second-order valence-electron chi connectivity index (χ2n) is 18.0. The number of carboxylic acid groups (broad SMARTS) is 1. The Hall–Kier alpha value is -7.50. The van der Waals surface area contributed by atoms with E-state index in [4.69, 9.17) is 15.1 Å². The zero-order valence-corrected chi connectivity index (χ0v) is 39.9. The van der Waals surface area contributed by atoms with Gasteiger partial charge >= 0.3 is 5.97 Å². The van der Waals surface area contributed by atoms with Crippen LogP contribution in [0.4, 0.5) is 22.3 Å². The van der Waals surface area contributed by atoms with Crippen LogP contribution in [0.25, 0.3) is 21.3 Å². The number of likely N-dealkylation sites (tertiary alicyclic amines) is 1. The Labute approximate surface area is 409 Å². The van der Waals surface area contributed by atoms with Gasteiger partial charge in [-0.15, -0.1) is 0 Å². The molecule has 4 aromatic carbocycles. The monoisotopic (exact) mass is 961 g/mol. The molecule has 6 N–H and O–H groups in total. The Kier molecular flexibility index (Phi) is 14.3.